The second-order valence-corrected chi connectivity index (χ2v) is 3.66. The van der Waals surface area contributed by atoms with Gasteiger partial charge in [0.2, 0.25) is 0 Å². The van der Waals surface area contributed by atoms with Crippen LogP contribution in [0.3, 0.4) is 0 Å². The molecule has 1 rings (SSSR count). The molecule has 0 aromatic carbocycles. The molecule has 0 spiro atoms. The Morgan fingerprint density at radius 2 is 2.20 bits per heavy atom. The van der Waals surface area contributed by atoms with E-state index in [1.807, 2.05) is 0 Å². The summed E-state index contributed by atoms with van der Waals surface area (Å²) in [6, 6.07) is -0.0243. The van der Waals surface area contributed by atoms with E-state index in [0.29, 0.717) is 10.2 Å². The van der Waals surface area contributed by atoms with Crippen LogP contribution >= 0.6 is 24.0 Å². The highest BCUT2D eigenvalue weighted by molar-refractivity contribution is 8.23. The maximum atomic E-state index is 11.1. The molecule has 3 nitrogen and oxygen atoms in total. The summed E-state index contributed by atoms with van der Waals surface area (Å²) in [5, 5.41) is 0. The lowest BCUT2D eigenvalue weighted by molar-refractivity contribution is 0.198. The highest BCUT2D eigenvalue weighted by Crippen LogP contribution is 2.16. The first kappa shape index (κ1) is 7.81. The van der Waals surface area contributed by atoms with Gasteiger partial charge >= 0.3 is 6.03 Å². The van der Waals surface area contributed by atoms with Crippen molar-refractivity contribution in [3.63, 3.8) is 0 Å². The van der Waals surface area contributed by atoms with Crippen molar-refractivity contribution in [1.82, 2.24) is 9.80 Å². The number of carbonyl (C=O) groups excluding carboxylic acids is 1. The molecular formula is C5H8N2OS2. The van der Waals surface area contributed by atoms with Gasteiger partial charge < -0.3 is 4.90 Å². The third-order valence-electron chi connectivity index (χ3n) is 1.27. The minimum atomic E-state index is -0.0243. The number of urea groups is 1. The second kappa shape index (κ2) is 2.75. The topological polar surface area (TPSA) is 23.6 Å². The third-order valence-corrected chi connectivity index (χ3v) is 2.93. The molecule has 0 bridgehead atoms. The van der Waals surface area contributed by atoms with E-state index in [1.54, 1.807) is 19.0 Å². The molecule has 0 aliphatic carbocycles. The van der Waals surface area contributed by atoms with Gasteiger partial charge in [0.05, 0.1) is 5.88 Å². The molecule has 1 heterocycles. The monoisotopic (exact) mass is 176 g/mol. The molecule has 1 saturated heterocycles. The summed E-state index contributed by atoms with van der Waals surface area (Å²) in [6.07, 6.45) is 0. The summed E-state index contributed by atoms with van der Waals surface area (Å²) >= 11 is 6.40. The van der Waals surface area contributed by atoms with Crippen molar-refractivity contribution >= 4 is 34.3 Å². The lowest BCUT2D eigenvalue weighted by Gasteiger charge is -2.29. The van der Waals surface area contributed by atoms with Gasteiger partial charge in [0.1, 0.15) is 4.32 Å². The van der Waals surface area contributed by atoms with E-state index in [-0.39, 0.29) is 6.03 Å². The van der Waals surface area contributed by atoms with Crippen LogP contribution in [-0.4, -0.2) is 40.1 Å². The van der Waals surface area contributed by atoms with Gasteiger partial charge in [-0.3, -0.25) is 4.90 Å². The smallest absolute Gasteiger partial charge is 0.318 e. The molecule has 1 fully saturated rings. The van der Waals surface area contributed by atoms with Crippen molar-refractivity contribution < 1.29 is 4.79 Å². The average Bonchev–Trinajstić information content (AvgIpc) is 1.93. The van der Waals surface area contributed by atoms with Gasteiger partial charge in [0.15, 0.2) is 0 Å². The summed E-state index contributed by atoms with van der Waals surface area (Å²) < 4.78 is 0.656. The van der Waals surface area contributed by atoms with Gasteiger partial charge in [-0.05, 0) is 0 Å². The van der Waals surface area contributed by atoms with Crippen molar-refractivity contribution in [1.29, 1.82) is 0 Å². The zero-order valence-electron chi connectivity index (χ0n) is 5.83. The van der Waals surface area contributed by atoms with Crippen LogP contribution in [0.1, 0.15) is 0 Å². The Hall–Kier alpha value is -0.290. The number of carbonyl (C=O) groups is 1. The minimum absolute atomic E-state index is 0.0243. The molecule has 0 unspecified atom stereocenters. The summed E-state index contributed by atoms with van der Waals surface area (Å²) in [5.74, 6) is 0.669. The van der Waals surface area contributed by atoms with Gasteiger partial charge in [-0.1, -0.05) is 24.0 Å². The summed E-state index contributed by atoms with van der Waals surface area (Å²) in [4.78, 5) is 14.2. The second-order valence-electron chi connectivity index (χ2n) is 2.08. The lowest BCUT2D eigenvalue weighted by Crippen LogP contribution is -2.45. The van der Waals surface area contributed by atoms with Crippen LogP contribution in [0.15, 0.2) is 0 Å². The van der Waals surface area contributed by atoms with E-state index in [1.165, 1.54) is 16.7 Å². The fourth-order valence-electron chi connectivity index (χ4n) is 0.638. The van der Waals surface area contributed by atoms with Gasteiger partial charge in [-0.15, -0.1) is 0 Å². The Bertz CT molecular complexity index is 182. The maximum Gasteiger partial charge on any atom is 0.325 e. The van der Waals surface area contributed by atoms with Crippen molar-refractivity contribution in [2.45, 2.75) is 0 Å². The highest BCUT2D eigenvalue weighted by atomic mass is 32.2. The molecule has 0 radical (unpaired) electrons. The van der Waals surface area contributed by atoms with Crippen LogP contribution in [0.2, 0.25) is 0 Å². The number of thiocarbonyl (C=S) groups is 1. The first-order chi connectivity index (χ1) is 4.63. The molecule has 0 N–H and O–H groups in total. The summed E-state index contributed by atoms with van der Waals surface area (Å²) in [6.45, 7) is 0. The van der Waals surface area contributed by atoms with E-state index in [2.05, 4.69) is 0 Å². The van der Waals surface area contributed by atoms with E-state index < -0.39 is 0 Å². The van der Waals surface area contributed by atoms with E-state index in [4.69, 9.17) is 12.2 Å². The molecule has 5 heteroatoms. The van der Waals surface area contributed by atoms with Gasteiger partial charge in [-0.2, -0.15) is 0 Å². The van der Waals surface area contributed by atoms with E-state index >= 15 is 0 Å². The largest absolute Gasteiger partial charge is 0.325 e. The van der Waals surface area contributed by atoms with Gasteiger partial charge in [-0.25, -0.2) is 4.79 Å². The van der Waals surface area contributed by atoms with Crippen LogP contribution in [0.5, 0.6) is 0 Å². The molecule has 1 aliphatic rings. The van der Waals surface area contributed by atoms with Gasteiger partial charge in [0, 0.05) is 14.1 Å². The zero-order valence-corrected chi connectivity index (χ0v) is 7.46. The van der Waals surface area contributed by atoms with Crippen molar-refractivity contribution in [3.05, 3.63) is 0 Å². The molecule has 10 heavy (non-hydrogen) atoms. The predicted octanol–water partition coefficient (Wildman–Crippen LogP) is 0.959. The minimum Gasteiger partial charge on any atom is -0.318 e. The number of hydrogen-bond donors (Lipinski definition) is 0. The summed E-state index contributed by atoms with van der Waals surface area (Å²) in [5.41, 5.74) is 0. The number of nitrogens with zero attached hydrogens (tertiary/aromatic N) is 2. The maximum absolute atomic E-state index is 11.1. The predicted molar refractivity (Wildman–Crippen MR) is 46.0 cm³/mol. The number of amides is 2. The van der Waals surface area contributed by atoms with Crippen LogP contribution in [-0.2, 0) is 0 Å². The SMILES string of the molecule is CN1CSC(=S)N(C)C1=O. The standard InChI is InChI=1S/C5H8N2OS2/c1-6-3-10-5(9)7(2)4(6)8/h3H2,1-2H3. The number of rotatable bonds is 0. The van der Waals surface area contributed by atoms with E-state index in [9.17, 15) is 4.79 Å². The first-order valence-electron chi connectivity index (χ1n) is 2.78. The molecule has 0 saturated carbocycles. The zero-order chi connectivity index (χ0) is 7.72. The fraction of sp³-hybridized carbons (Fsp3) is 0.600. The molecule has 2 amide bonds. The Morgan fingerprint density at radius 3 is 2.70 bits per heavy atom. The molecule has 1 aliphatic heterocycles. The summed E-state index contributed by atoms with van der Waals surface area (Å²) in [7, 11) is 3.45. The van der Waals surface area contributed by atoms with Crippen LogP contribution in [0.25, 0.3) is 0 Å². The normalized spacial score (nSPS) is 20.2. The third kappa shape index (κ3) is 1.24. The van der Waals surface area contributed by atoms with Crippen LogP contribution < -0.4 is 0 Å². The number of thioether (sulfide) groups is 1. The molecule has 56 valence electrons. The molecule has 0 aromatic rings. The van der Waals surface area contributed by atoms with Crippen molar-refractivity contribution in [2.75, 3.05) is 20.0 Å². The van der Waals surface area contributed by atoms with Crippen molar-refractivity contribution in [2.24, 2.45) is 0 Å². The van der Waals surface area contributed by atoms with Crippen LogP contribution in [0, 0.1) is 0 Å². The number of hydrogen-bond acceptors (Lipinski definition) is 3. The molecule has 0 atom stereocenters. The fourth-order valence-corrected chi connectivity index (χ4v) is 1.56. The highest BCUT2D eigenvalue weighted by Gasteiger charge is 2.23. The Morgan fingerprint density at radius 1 is 1.60 bits per heavy atom. The Kier molecular flexibility index (Phi) is 2.15. The first-order valence-corrected chi connectivity index (χ1v) is 4.18. The molecular weight excluding hydrogens is 168 g/mol. The van der Waals surface area contributed by atoms with Crippen LogP contribution in [0.4, 0.5) is 4.79 Å². The van der Waals surface area contributed by atoms with Crippen molar-refractivity contribution in [3.8, 4) is 0 Å². The molecule has 0 aromatic heterocycles. The lowest BCUT2D eigenvalue weighted by atomic mass is 10.7. The van der Waals surface area contributed by atoms with Gasteiger partial charge in [0.25, 0.3) is 0 Å². The average molecular weight is 176 g/mol. The van der Waals surface area contributed by atoms with E-state index in [0.717, 1.165) is 0 Å². The Balaban J connectivity index is 2.70. The quantitative estimate of drug-likeness (QED) is 0.514. The Labute approximate surface area is 69.4 Å².